The van der Waals surface area contributed by atoms with Crippen LogP contribution in [0.5, 0.6) is 0 Å². The summed E-state index contributed by atoms with van der Waals surface area (Å²) in [7, 11) is 0. The zero-order chi connectivity index (χ0) is 19.3. The Kier molecular flexibility index (Phi) is 7.84. The molecule has 0 unspecified atom stereocenters. The Morgan fingerprint density at radius 3 is 1.29 bits per heavy atom. The first-order valence-electron chi connectivity index (χ1n) is 8.99. The molecular weight excluding hydrogens is 356 g/mol. The van der Waals surface area contributed by atoms with E-state index in [9.17, 15) is 0 Å². The van der Waals surface area contributed by atoms with Gasteiger partial charge in [-0.25, -0.2) is 15.0 Å². The molecule has 3 aromatic rings. The third-order valence-electron chi connectivity index (χ3n) is 3.86. The van der Waals surface area contributed by atoms with Crippen LogP contribution in [0, 0.1) is 0 Å². The molecule has 3 N–H and O–H groups in total. The molecule has 10 nitrogen and oxygen atoms in total. The normalized spacial score (nSPS) is 12.3. The van der Waals surface area contributed by atoms with Gasteiger partial charge in [0, 0.05) is 56.9 Å². The quantitative estimate of drug-likeness (QED) is 0.409. The summed E-state index contributed by atoms with van der Waals surface area (Å²) in [4.78, 5) is 36.6. The van der Waals surface area contributed by atoms with E-state index in [2.05, 4.69) is 49.8 Å². The van der Waals surface area contributed by atoms with Gasteiger partial charge in [-0.15, -0.1) is 0 Å². The number of hydrogen-bond donors (Lipinski definition) is 3. The first kappa shape index (κ1) is 19.4. The molecule has 0 atom stereocenters. The molecule has 0 saturated carbocycles. The van der Waals surface area contributed by atoms with Crippen molar-refractivity contribution < 1.29 is 0 Å². The van der Waals surface area contributed by atoms with E-state index in [-0.39, 0.29) is 0 Å². The van der Waals surface area contributed by atoms with E-state index in [1.54, 1.807) is 37.6 Å². The predicted molar refractivity (Wildman–Crippen MR) is 109 cm³/mol. The zero-order valence-electron chi connectivity index (χ0n) is 15.6. The molecule has 3 aromatic heterocycles. The van der Waals surface area contributed by atoms with Gasteiger partial charge in [0.1, 0.15) is 0 Å². The molecule has 0 spiro atoms. The number of imidazole rings is 3. The highest BCUT2D eigenvalue weighted by molar-refractivity contribution is 5.66. The van der Waals surface area contributed by atoms with Crippen molar-refractivity contribution in [2.75, 3.05) is 19.6 Å². The van der Waals surface area contributed by atoms with Gasteiger partial charge in [-0.3, -0.25) is 19.9 Å². The monoisotopic (exact) mass is 380 g/mol. The summed E-state index contributed by atoms with van der Waals surface area (Å²) in [5.74, 6) is 0. The molecule has 3 rings (SSSR count). The fourth-order valence-corrected chi connectivity index (χ4v) is 2.35. The molecule has 0 aliphatic heterocycles. The van der Waals surface area contributed by atoms with E-state index < -0.39 is 0 Å². The maximum atomic E-state index is 4.44. The molecule has 146 valence electrons. The van der Waals surface area contributed by atoms with Gasteiger partial charge in [0.2, 0.25) is 0 Å². The summed E-state index contributed by atoms with van der Waals surface area (Å²) in [6, 6.07) is 0. The first-order valence-corrected chi connectivity index (χ1v) is 8.99. The number of nitrogens with one attached hydrogen (secondary N) is 3. The van der Waals surface area contributed by atoms with E-state index in [1.807, 2.05) is 18.6 Å². The van der Waals surface area contributed by atoms with Crippen molar-refractivity contribution in [3.63, 3.8) is 0 Å². The topological polar surface area (TPSA) is 126 Å². The highest BCUT2D eigenvalue weighted by Crippen LogP contribution is 1.95. The molecule has 0 fully saturated rings. The van der Waals surface area contributed by atoms with E-state index in [0.29, 0.717) is 39.3 Å². The van der Waals surface area contributed by atoms with Gasteiger partial charge in [-0.1, -0.05) is 0 Å². The van der Waals surface area contributed by atoms with Crippen LogP contribution in [0.2, 0.25) is 0 Å². The average molecular weight is 380 g/mol. The standard InChI is InChI=1S/C18H24N10/c1(19-7-16-10-22-13-25-16)4-28(5-2-20-8-17-11-23-14-26-17)6-3-21-9-18-12-24-15-27-18/h1-3,10-15H,4-9H2,(H,22,25)(H,23,26)(H,24,27). The molecule has 0 bridgehead atoms. The molecular formula is C18H24N10. The predicted octanol–water partition coefficient (Wildman–Crippen LogP) is 1.27. The summed E-state index contributed by atoms with van der Waals surface area (Å²) < 4.78 is 0. The zero-order valence-corrected chi connectivity index (χ0v) is 15.6. The molecule has 0 radical (unpaired) electrons. The lowest BCUT2D eigenvalue weighted by Gasteiger charge is -2.15. The number of hydrogen-bond acceptors (Lipinski definition) is 7. The minimum Gasteiger partial charge on any atom is -0.347 e. The second kappa shape index (κ2) is 11.3. The third kappa shape index (κ3) is 7.08. The highest BCUT2D eigenvalue weighted by Gasteiger charge is 2.00. The molecule has 0 aromatic carbocycles. The van der Waals surface area contributed by atoms with Crippen molar-refractivity contribution in [1.29, 1.82) is 0 Å². The summed E-state index contributed by atoms with van der Waals surface area (Å²) in [5, 5.41) is 0. The van der Waals surface area contributed by atoms with Crippen LogP contribution < -0.4 is 0 Å². The van der Waals surface area contributed by atoms with Crippen LogP contribution in [0.25, 0.3) is 0 Å². The minimum absolute atomic E-state index is 0.593. The van der Waals surface area contributed by atoms with E-state index in [1.165, 1.54) is 0 Å². The molecule has 10 heteroatoms. The van der Waals surface area contributed by atoms with Crippen molar-refractivity contribution in [2.24, 2.45) is 15.0 Å². The Hall–Kier alpha value is -3.40. The summed E-state index contributed by atoms with van der Waals surface area (Å²) in [6.45, 7) is 3.90. The molecule has 0 aliphatic rings. The molecule has 28 heavy (non-hydrogen) atoms. The Balaban J connectivity index is 1.45. The van der Waals surface area contributed by atoms with Crippen molar-refractivity contribution in [2.45, 2.75) is 19.6 Å². The van der Waals surface area contributed by atoms with Crippen LogP contribution >= 0.6 is 0 Å². The van der Waals surface area contributed by atoms with Crippen LogP contribution in [0.4, 0.5) is 0 Å². The lowest BCUT2D eigenvalue weighted by Crippen LogP contribution is -2.29. The van der Waals surface area contributed by atoms with Gasteiger partial charge in [0.05, 0.1) is 55.7 Å². The van der Waals surface area contributed by atoms with Crippen LogP contribution in [-0.2, 0) is 19.6 Å². The lowest BCUT2D eigenvalue weighted by molar-refractivity contribution is 0.414. The lowest BCUT2D eigenvalue weighted by atomic mass is 10.4. The van der Waals surface area contributed by atoms with Gasteiger partial charge in [0.25, 0.3) is 0 Å². The minimum atomic E-state index is 0.593. The van der Waals surface area contributed by atoms with E-state index >= 15 is 0 Å². The SMILES string of the molecule is C(CN(CC=NCc1cnc[nH]1)CC=NCc1cnc[nH]1)=NCc1cnc[nH]1. The van der Waals surface area contributed by atoms with Crippen molar-refractivity contribution in [3.05, 3.63) is 54.7 Å². The number of aromatic amines is 3. The van der Waals surface area contributed by atoms with Crippen LogP contribution in [0.3, 0.4) is 0 Å². The largest absolute Gasteiger partial charge is 0.347 e. The maximum absolute atomic E-state index is 4.44. The van der Waals surface area contributed by atoms with Gasteiger partial charge in [0.15, 0.2) is 0 Å². The van der Waals surface area contributed by atoms with Crippen molar-refractivity contribution in [3.8, 4) is 0 Å². The summed E-state index contributed by atoms with van der Waals surface area (Å²) in [5.41, 5.74) is 2.97. The molecule has 0 aliphatic carbocycles. The van der Waals surface area contributed by atoms with E-state index in [4.69, 9.17) is 0 Å². The third-order valence-corrected chi connectivity index (χ3v) is 3.86. The van der Waals surface area contributed by atoms with Crippen LogP contribution in [-0.4, -0.2) is 73.1 Å². The van der Waals surface area contributed by atoms with Gasteiger partial charge in [-0.05, 0) is 0 Å². The Labute approximate surface area is 163 Å². The first-order chi connectivity index (χ1) is 13.9. The molecule has 0 amide bonds. The van der Waals surface area contributed by atoms with E-state index in [0.717, 1.165) is 17.1 Å². The van der Waals surface area contributed by atoms with Crippen molar-refractivity contribution in [1.82, 2.24) is 34.8 Å². The maximum Gasteiger partial charge on any atom is 0.0922 e. The Morgan fingerprint density at radius 2 is 1.00 bits per heavy atom. The average Bonchev–Trinajstić information content (AvgIpc) is 3.48. The number of aromatic nitrogens is 6. The summed E-state index contributed by atoms with van der Waals surface area (Å²) in [6.07, 6.45) is 16.0. The molecule has 0 saturated heterocycles. The number of H-pyrrole nitrogens is 3. The Bertz CT molecular complexity index is 717. The smallest absolute Gasteiger partial charge is 0.0922 e. The van der Waals surface area contributed by atoms with Gasteiger partial charge >= 0.3 is 0 Å². The number of aliphatic imine (C=N–C) groups is 3. The highest BCUT2D eigenvalue weighted by atomic mass is 15.1. The fraction of sp³-hybridized carbons (Fsp3) is 0.333. The van der Waals surface area contributed by atoms with Crippen LogP contribution in [0.15, 0.2) is 52.5 Å². The second-order valence-electron chi connectivity index (χ2n) is 6.02. The fourth-order valence-electron chi connectivity index (χ4n) is 2.35. The van der Waals surface area contributed by atoms with Crippen molar-refractivity contribution >= 4 is 18.6 Å². The van der Waals surface area contributed by atoms with Gasteiger partial charge < -0.3 is 15.0 Å². The number of rotatable bonds is 12. The van der Waals surface area contributed by atoms with Gasteiger partial charge in [-0.2, -0.15) is 0 Å². The van der Waals surface area contributed by atoms with Crippen LogP contribution in [0.1, 0.15) is 17.1 Å². The molecule has 3 heterocycles. The summed E-state index contributed by atoms with van der Waals surface area (Å²) >= 11 is 0. The number of nitrogens with zero attached hydrogens (tertiary/aromatic N) is 7. The second-order valence-corrected chi connectivity index (χ2v) is 6.02. The Morgan fingerprint density at radius 1 is 0.643 bits per heavy atom.